The van der Waals surface area contributed by atoms with Crippen LogP contribution in [0.5, 0.6) is 5.75 Å². The number of phenolic OH excluding ortho intramolecular Hbond substituents is 1. The first-order chi connectivity index (χ1) is 15.3. The van der Waals surface area contributed by atoms with Crippen LogP contribution >= 0.6 is 0 Å². The second-order valence-corrected chi connectivity index (χ2v) is 8.75. The van der Waals surface area contributed by atoms with Gasteiger partial charge in [0.1, 0.15) is 5.75 Å². The summed E-state index contributed by atoms with van der Waals surface area (Å²) in [5, 5.41) is 12.3. The Morgan fingerprint density at radius 1 is 0.969 bits per heavy atom. The van der Waals surface area contributed by atoms with Crippen LogP contribution in [0.4, 0.5) is 16.2 Å². The summed E-state index contributed by atoms with van der Waals surface area (Å²) in [5.74, 6) is -0.256. The Kier molecular flexibility index (Phi) is 7.51. The van der Waals surface area contributed by atoms with Crippen LogP contribution in [0, 0.1) is 0 Å². The van der Waals surface area contributed by atoms with E-state index in [1.54, 1.807) is 0 Å². The van der Waals surface area contributed by atoms with Gasteiger partial charge < -0.3 is 9.84 Å². The smallest absolute Gasteiger partial charge is 0.411 e. The molecule has 0 saturated carbocycles. The van der Waals surface area contributed by atoms with E-state index in [0.717, 1.165) is 23.0 Å². The van der Waals surface area contributed by atoms with E-state index in [2.05, 4.69) is 10.0 Å². The molecule has 0 atom stereocenters. The number of carbonyl (C=O) groups is 1. The van der Waals surface area contributed by atoms with Gasteiger partial charge >= 0.3 is 6.09 Å². The molecule has 32 heavy (non-hydrogen) atoms. The molecule has 0 radical (unpaired) electrons. The average Bonchev–Trinajstić information content (AvgIpc) is 2.76. The number of nitrogens with one attached hydrogen (secondary N) is 2. The molecule has 3 aromatic rings. The molecule has 3 rings (SSSR count). The zero-order chi connectivity index (χ0) is 23.0. The summed E-state index contributed by atoms with van der Waals surface area (Å²) in [4.78, 5) is 12.1. The minimum atomic E-state index is -3.58. The topological polar surface area (TPSA) is 105 Å². The lowest BCUT2D eigenvalue weighted by atomic mass is 9.97. The van der Waals surface area contributed by atoms with Crippen LogP contribution < -0.4 is 10.0 Å². The van der Waals surface area contributed by atoms with E-state index in [-0.39, 0.29) is 23.7 Å². The molecule has 0 aromatic heterocycles. The lowest BCUT2D eigenvalue weighted by molar-refractivity contribution is 0.163. The summed E-state index contributed by atoms with van der Waals surface area (Å²) in [6, 6.07) is 23.9. The van der Waals surface area contributed by atoms with Crippen molar-refractivity contribution >= 4 is 33.1 Å². The molecule has 3 N–H and O–H groups in total. The number of ether oxygens (including phenoxy) is 1. The van der Waals surface area contributed by atoms with E-state index < -0.39 is 16.1 Å². The quantitative estimate of drug-likeness (QED) is 0.258. The number of phenols is 1. The van der Waals surface area contributed by atoms with Crippen molar-refractivity contribution in [2.45, 2.75) is 6.42 Å². The van der Waals surface area contributed by atoms with Gasteiger partial charge in [0.25, 0.3) is 0 Å². The van der Waals surface area contributed by atoms with Crippen molar-refractivity contribution in [1.82, 2.24) is 0 Å². The molecule has 1 amide bonds. The maximum absolute atomic E-state index is 12.1. The number of amides is 1. The molecule has 0 unspecified atom stereocenters. The van der Waals surface area contributed by atoms with Crippen molar-refractivity contribution < 1.29 is 23.1 Å². The van der Waals surface area contributed by atoms with Crippen molar-refractivity contribution in [3.63, 3.8) is 0 Å². The Morgan fingerprint density at radius 3 is 2.12 bits per heavy atom. The third-order valence-corrected chi connectivity index (χ3v) is 5.00. The van der Waals surface area contributed by atoms with Gasteiger partial charge in [-0.3, -0.25) is 10.0 Å². The predicted molar refractivity (Wildman–Crippen MR) is 126 cm³/mol. The zero-order valence-electron chi connectivity index (χ0n) is 17.5. The molecule has 0 heterocycles. The standard InChI is InChI=1S/C24H24N2O5S/c1-32(29,30)26-22-17-20(14-15-23(22)27)25-24(28)31-16-8-13-21(18-9-4-2-5-10-18)19-11-6-3-7-12-19/h2-7,9-15,17,26-27H,8,16H2,1H3,(H,25,28). The number of sulfonamides is 1. The number of aromatic hydroxyl groups is 1. The lowest BCUT2D eigenvalue weighted by Gasteiger charge is -2.11. The monoisotopic (exact) mass is 452 g/mol. The van der Waals surface area contributed by atoms with Crippen molar-refractivity contribution in [2.75, 3.05) is 22.9 Å². The lowest BCUT2D eigenvalue weighted by Crippen LogP contribution is -2.15. The maximum Gasteiger partial charge on any atom is 0.411 e. The number of rotatable bonds is 8. The Hall–Kier alpha value is -3.78. The van der Waals surface area contributed by atoms with Gasteiger partial charge in [0.15, 0.2) is 0 Å². The van der Waals surface area contributed by atoms with E-state index in [1.807, 2.05) is 66.7 Å². The van der Waals surface area contributed by atoms with E-state index in [1.165, 1.54) is 18.2 Å². The first-order valence-corrected chi connectivity index (χ1v) is 11.8. The van der Waals surface area contributed by atoms with E-state index >= 15 is 0 Å². The molecule has 166 valence electrons. The highest BCUT2D eigenvalue weighted by atomic mass is 32.2. The van der Waals surface area contributed by atoms with Gasteiger partial charge in [-0.2, -0.15) is 0 Å². The van der Waals surface area contributed by atoms with Gasteiger partial charge in [-0.25, -0.2) is 13.2 Å². The number of benzene rings is 3. The van der Waals surface area contributed by atoms with Gasteiger partial charge in [0.2, 0.25) is 10.0 Å². The molecule has 3 aromatic carbocycles. The van der Waals surface area contributed by atoms with E-state index in [0.29, 0.717) is 6.42 Å². The molecule has 7 nitrogen and oxygen atoms in total. The van der Waals surface area contributed by atoms with Gasteiger partial charge in [-0.1, -0.05) is 66.7 Å². The molecule has 0 bridgehead atoms. The second-order valence-electron chi connectivity index (χ2n) is 7.01. The van der Waals surface area contributed by atoms with Gasteiger partial charge in [0.05, 0.1) is 18.6 Å². The van der Waals surface area contributed by atoms with Crippen LogP contribution in [0.1, 0.15) is 17.5 Å². The van der Waals surface area contributed by atoms with Crippen molar-refractivity contribution in [1.29, 1.82) is 0 Å². The summed E-state index contributed by atoms with van der Waals surface area (Å²) in [6.07, 6.45) is 2.80. The minimum Gasteiger partial charge on any atom is -0.506 e. The van der Waals surface area contributed by atoms with Crippen LogP contribution in [0.3, 0.4) is 0 Å². The van der Waals surface area contributed by atoms with Crippen molar-refractivity contribution in [3.05, 3.63) is 96.1 Å². The molecule has 0 aliphatic carbocycles. The molecule has 0 saturated heterocycles. The molecule has 0 fully saturated rings. The normalized spacial score (nSPS) is 10.8. The third kappa shape index (κ3) is 6.88. The highest BCUT2D eigenvalue weighted by Crippen LogP contribution is 2.27. The van der Waals surface area contributed by atoms with Gasteiger partial charge in [0, 0.05) is 12.1 Å². The SMILES string of the molecule is CS(=O)(=O)Nc1cc(NC(=O)OCCC=C(c2ccccc2)c2ccccc2)ccc1O. The Labute approximate surface area is 187 Å². The van der Waals surface area contributed by atoms with Crippen LogP contribution in [0.2, 0.25) is 0 Å². The molecule has 0 aliphatic rings. The number of carbonyl (C=O) groups excluding carboxylic acids is 1. The molecule has 0 aliphatic heterocycles. The Balaban J connectivity index is 1.61. The van der Waals surface area contributed by atoms with E-state index in [9.17, 15) is 18.3 Å². The fourth-order valence-electron chi connectivity index (χ4n) is 3.04. The summed E-state index contributed by atoms with van der Waals surface area (Å²) in [6.45, 7) is 0.154. The fraction of sp³-hybridized carbons (Fsp3) is 0.125. The largest absolute Gasteiger partial charge is 0.506 e. The maximum atomic E-state index is 12.1. The van der Waals surface area contributed by atoms with Gasteiger partial charge in [-0.05, 0) is 34.9 Å². The zero-order valence-corrected chi connectivity index (χ0v) is 18.3. The Bertz CT molecular complexity index is 1150. The van der Waals surface area contributed by atoms with Gasteiger partial charge in [-0.15, -0.1) is 0 Å². The highest BCUT2D eigenvalue weighted by molar-refractivity contribution is 7.92. The predicted octanol–water partition coefficient (Wildman–Crippen LogP) is 4.83. The number of hydrogen-bond donors (Lipinski definition) is 3. The molecule has 0 spiro atoms. The summed E-state index contributed by atoms with van der Waals surface area (Å²) in [5.41, 5.74) is 3.42. The number of hydrogen-bond acceptors (Lipinski definition) is 5. The van der Waals surface area contributed by atoms with Crippen LogP contribution in [0.15, 0.2) is 84.9 Å². The summed E-state index contributed by atoms with van der Waals surface area (Å²) in [7, 11) is -3.58. The summed E-state index contributed by atoms with van der Waals surface area (Å²) < 4.78 is 30.2. The van der Waals surface area contributed by atoms with E-state index in [4.69, 9.17) is 4.74 Å². The van der Waals surface area contributed by atoms with Crippen molar-refractivity contribution in [3.8, 4) is 5.75 Å². The number of anilines is 2. The van der Waals surface area contributed by atoms with Crippen LogP contribution in [-0.4, -0.2) is 32.5 Å². The third-order valence-electron chi connectivity index (χ3n) is 4.41. The van der Waals surface area contributed by atoms with Crippen molar-refractivity contribution in [2.24, 2.45) is 0 Å². The molecule has 8 heteroatoms. The van der Waals surface area contributed by atoms with Crippen LogP contribution in [-0.2, 0) is 14.8 Å². The fourth-order valence-corrected chi connectivity index (χ4v) is 3.60. The first-order valence-electron chi connectivity index (χ1n) is 9.87. The molecular weight excluding hydrogens is 428 g/mol. The first kappa shape index (κ1) is 22.9. The van der Waals surface area contributed by atoms with Crippen LogP contribution in [0.25, 0.3) is 5.57 Å². The second kappa shape index (κ2) is 10.5. The molecular formula is C24H24N2O5S. The highest BCUT2D eigenvalue weighted by Gasteiger charge is 2.10. The Morgan fingerprint density at radius 2 is 1.56 bits per heavy atom. The average molecular weight is 453 g/mol. The minimum absolute atomic E-state index is 0.0383. The summed E-state index contributed by atoms with van der Waals surface area (Å²) >= 11 is 0.